The predicted molar refractivity (Wildman–Crippen MR) is 99.8 cm³/mol. The molecular weight excluding hydrogens is 326 g/mol. The first kappa shape index (κ1) is 16.8. The molecule has 1 saturated carbocycles. The van der Waals surface area contributed by atoms with Crippen LogP contribution in [0.15, 0.2) is 42.7 Å². The lowest BCUT2D eigenvalue weighted by molar-refractivity contribution is -0.118. The lowest BCUT2D eigenvalue weighted by Crippen LogP contribution is -2.30. The first-order chi connectivity index (χ1) is 12.5. The fraction of sp³-hybridized carbons (Fsp3) is 0.381. The molecule has 2 heterocycles. The van der Waals surface area contributed by atoms with E-state index in [-0.39, 0.29) is 23.1 Å². The summed E-state index contributed by atoms with van der Waals surface area (Å²) in [6.07, 6.45) is 5.09. The molecule has 0 bridgehead atoms. The summed E-state index contributed by atoms with van der Waals surface area (Å²) in [5, 5.41) is 2.94. The van der Waals surface area contributed by atoms with Crippen molar-refractivity contribution in [3.63, 3.8) is 0 Å². The average molecular weight is 349 g/mol. The van der Waals surface area contributed by atoms with E-state index >= 15 is 0 Å². The number of hydrogen-bond donors (Lipinski definition) is 1. The molecule has 2 aliphatic rings. The molecule has 1 aromatic carbocycles. The smallest absolute Gasteiger partial charge is 0.253 e. The van der Waals surface area contributed by atoms with Gasteiger partial charge in [0.2, 0.25) is 5.91 Å². The Morgan fingerprint density at radius 2 is 2.08 bits per heavy atom. The van der Waals surface area contributed by atoms with Gasteiger partial charge >= 0.3 is 0 Å². The van der Waals surface area contributed by atoms with Crippen molar-refractivity contribution < 1.29 is 9.59 Å². The van der Waals surface area contributed by atoms with Crippen molar-refractivity contribution in [3.8, 4) is 0 Å². The molecule has 2 unspecified atom stereocenters. The minimum atomic E-state index is -0.0400. The minimum Gasteiger partial charge on any atom is -0.338 e. The number of nitrogens with zero attached hydrogens (tertiary/aromatic N) is 2. The van der Waals surface area contributed by atoms with Gasteiger partial charge in [-0.3, -0.25) is 14.6 Å². The Balaban J connectivity index is 1.40. The highest BCUT2D eigenvalue weighted by molar-refractivity contribution is 5.97. The molecular formula is C21H23N3O2. The van der Waals surface area contributed by atoms with Crippen LogP contribution in [0.1, 0.15) is 34.3 Å². The molecule has 4 rings (SSSR count). The van der Waals surface area contributed by atoms with Gasteiger partial charge in [-0.1, -0.05) is 6.07 Å². The van der Waals surface area contributed by atoms with Crippen molar-refractivity contribution in [1.82, 2.24) is 9.88 Å². The molecule has 2 amide bonds. The van der Waals surface area contributed by atoms with E-state index in [1.54, 1.807) is 18.5 Å². The molecule has 1 saturated heterocycles. The number of hydrogen-bond acceptors (Lipinski definition) is 3. The topological polar surface area (TPSA) is 62.3 Å². The van der Waals surface area contributed by atoms with Crippen LogP contribution in [-0.2, 0) is 4.79 Å². The highest BCUT2D eigenvalue weighted by atomic mass is 16.2. The van der Waals surface area contributed by atoms with Crippen LogP contribution in [-0.4, -0.2) is 34.8 Å². The first-order valence-electron chi connectivity index (χ1n) is 9.06. The van der Waals surface area contributed by atoms with Gasteiger partial charge in [0.25, 0.3) is 5.91 Å². The van der Waals surface area contributed by atoms with Crippen LogP contribution in [0, 0.1) is 25.2 Å². The summed E-state index contributed by atoms with van der Waals surface area (Å²) in [5.74, 6) is 0.0991. The number of pyridine rings is 1. The summed E-state index contributed by atoms with van der Waals surface area (Å²) in [5.41, 5.74) is 3.74. The third-order valence-electron chi connectivity index (χ3n) is 5.86. The number of aryl methyl sites for hydroxylation is 2. The summed E-state index contributed by atoms with van der Waals surface area (Å²) in [7, 11) is 0. The molecule has 5 heteroatoms. The zero-order valence-corrected chi connectivity index (χ0v) is 15.2. The Kier molecular flexibility index (Phi) is 4.02. The maximum atomic E-state index is 12.8. The molecule has 26 heavy (non-hydrogen) atoms. The van der Waals surface area contributed by atoms with Gasteiger partial charge in [-0.05, 0) is 62.1 Å². The summed E-state index contributed by atoms with van der Waals surface area (Å²) in [6, 6.07) is 9.49. The molecule has 1 spiro atoms. The maximum absolute atomic E-state index is 12.8. The zero-order valence-electron chi connectivity index (χ0n) is 15.2. The zero-order chi connectivity index (χ0) is 18.3. The number of carbonyl (C=O) groups excluding carboxylic acids is 2. The second kappa shape index (κ2) is 6.24. The van der Waals surface area contributed by atoms with Crippen molar-refractivity contribution in [1.29, 1.82) is 0 Å². The van der Waals surface area contributed by atoms with Crippen molar-refractivity contribution in [2.45, 2.75) is 26.7 Å². The van der Waals surface area contributed by atoms with Crippen LogP contribution >= 0.6 is 0 Å². The van der Waals surface area contributed by atoms with E-state index in [4.69, 9.17) is 0 Å². The molecule has 2 aromatic rings. The van der Waals surface area contributed by atoms with Gasteiger partial charge in [0.1, 0.15) is 0 Å². The van der Waals surface area contributed by atoms with Crippen LogP contribution < -0.4 is 5.32 Å². The largest absolute Gasteiger partial charge is 0.338 e. The van der Waals surface area contributed by atoms with E-state index in [2.05, 4.69) is 10.3 Å². The number of anilines is 1. The number of rotatable bonds is 3. The normalized spacial score (nSPS) is 23.9. The lowest BCUT2D eigenvalue weighted by Gasteiger charge is -2.17. The number of nitrogens with one attached hydrogen (secondary N) is 1. The van der Waals surface area contributed by atoms with Crippen molar-refractivity contribution in [2.24, 2.45) is 11.3 Å². The van der Waals surface area contributed by atoms with Gasteiger partial charge in [0.05, 0.1) is 11.9 Å². The highest BCUT2D eigenvalue weighted by Crippen LogP contribution is 2.58. The van der Waals surface area contributed by atoms with E-state index in [1.807, 2.05) is 43.0 Å². The Bertz CT molecular complexity index is 865. The SMILES string of the molecule is Cc1ccc(C(=O)N2CCC3(CC3C(=O)Nc3cccnc3)C2)cc1C. The van der Waals surface area contributed by atoms with E-state index in [1.165, 1.54) is 5.56 Å². The molecule has 134 valence electrons. The molecule has 0 radical (unpaired) electrons. The fourth-order valence-corrected chi connectivity index (χ4v) is 3.96. The standard InChI is InChI=1S/C21H23N3O2/c1-14-5-6-16(10-15(14)2)20(26)24-9-7-21(13-24)11-18(21)19(25)23-17-4-3-8-22-12-17/h3-6,8,10,12,18H,7,9,11,13H2,1-2H3,(H,23,25). The van der Waals surface area contributed by atoms with Crippen LogP contribution in [0.5, 0.6) is 0 Å². The summed E-state index contributed by atoms with van der Waals surface area (Å²) >= 11 is 0. The Labute approximate surface area is 153 Å². The van der Waals surface area contributed by atoms with Gasteiger partial charge in [-0.15, -0.1) is 0 Å². The second-order valence-electron chi connectivity index (χ2n) is 7.63. The molecule has 2 atom stereocenters. The Hall–Kier alpha value is -2.69. The molecule has 1 aliphatic heterocycles. The number of benzene rings is 1. The second-order valence-corrected chi connectivity index (χ2v) is 7.63. The van der Waals surface area contributed by atoms with Gasteiger partial charge in [0, 0.05) is 36.2 Å². The Morgan fingerprint density at radius 3 is 2.81 bits per heavy atom. The monoisotopic (exact) mass is 349 g/mol. The average Bonchev–Trinajstić information content (AvgIpc) is 3.18. The van der Waals surface area contributed by atoms with Crippen LogP contribution in [0.3, 0.4) is 0 Å². The van der Waals surface area contributed by atoms with E-state index in [9.17, 15) is 9.59 Å². The summed E-state index contributed by atoms with van der Waals surface area (Å²) < 4.78 is 0. The molecule has 1 aromatic heterocycles. The Morgan fingerprint density at radius 1 is 1.23 bits per heavy atom. The summed E-state index contributed by atoms with van der Waals surface area (Å²) in [4.78, 5) is 31.3. The molecule has 2 fully saturated rings. The van der Waals surface area contributed by atoms with Gasteiger partial charge in [-0.25, -0.2) is 0 Å². The van der Waals surface area contributed by atoms with Crippen LogP contribution in [0.2, 0.25) is 0 Å². The van der Waals surface area contributed by atoms with Gasteiger partial charge < -0.3 is 10.2 Å². The molecule has 1 N–H and O–H groups in total. The number of likely N-dealkylation sites (tertiary alicyclic amines) is 1. The van der Waals surface area contributed by atoms with Gasteiger partial charge in [0.15, 0.2) is 0 Å². The van der Waals surface area contributed by atoms with Crippen molar-refractivity contribution >= 4 is 17.5 Å². The number of amides is 2. The van der Waals surface area contributed by atoms with Crippen LogP contribution in [0.4, 0.5) is 5.69 Å². The minimum absolute atomic E-state index is 0.0136. The first-order valence-corrected chi connectivity index (χ1v) is 9.06. The number of aromatic nitrogens is 1. The third kappa shape index (κ3) is 2.98. The van der Waals surface area contributed by atoms with Crippen molar-refractivity contribution in [2.75, 3.05) is 18.4 Å². The lowest BCUT2D eigenvalue weighted by atomic mass is 10.0. The predicted octanol–water partition coefficient (Wildman–Crippen LogP) is 3.19. The molecule has 1 aliphatic carbocycles. The highest BCUT2D eigenvalue weighted by Gasteiger charge is 2.61. The third-order valence-corrected chi connectivity index (χ3v) is 5.86. The van der Waals surface area contributed by atoms with Gasteiger partial charge in [-0.2, -0.15) is 0 Å². The van der Waals surface area contributed by atoms with E-state index in [0.29, 0.717) is 6.54 Å². The molecule has 5 nitrogen and oxygen atoms in total. The van der Waals surface area contributed by atoms with Crippen LogP contribution in [0.25, 0.3) is 0 Å². The quantitative estimate of drug-likeness (QED) is 0.926. The fourth-order valence-electron chi connectivity index (χ4n) is 3.96. The van der Waals surface area contributed by atoms with E-state index in [0.717, 1.165) is 36.2 Å². The van der Waals surface area contributed by atoms with Crippen molar-refractivity contribution in [3.05, 3.63) is 59.4 Å². The summed E-state index contributed by atoms with van der Waals surface area (Å²) in [6.45, 7) is 5.47. The number of carbonyl (C=O) groups is 2. The maximum Gasteiger partial charge on any atom is 0.253 e. The van der Waals surface area contributed by atoms with E-state index < -0.39 is 0 Å².